The Bertz CT molecular complexity index is 3570. The molecule has 12 amide bonds. The van der Waals surface area contributed by atoms with Gasteiger partial charge in [-0.1, -0.05) is 90.4 Å². The molecule has 1 saturated heterocycles. The third kappa shape index (κ3) is 29.9. The molecule has 0 saturated carbocycles. The van der Waals surface area contributed by atoms with Crippen LogP contribution in [0.2, 0.25) is 0 Å². The molecule has 4 rings (SSSR count). The minimum Gasteiger partial charge on any atom is -0.508 e. The summed E-state index contributed by atoms with van der Waals surface area (Å²) in [4.78, 5) is 206. The largest absolute Gasteiger partial charge is 0.508 e. The van der Waals surface area contributed by atoms with E-state index in [-0.39, 0.29) is 107 Å². The van der Waals surface area contributed by atoms with Gasteiger partial charge in [-0.15, -0.1) is 0 Å². The fourth-order valence-corrected chi connectivity index (χ4v) is 11.7. The number of carbonyl (C=O) groups is 14. The highest BCUT2D eigenvalue weighted by Gasteiger charge is 2.42. The van der Waals surface area contributed by atoms with Gasteiger partial charge in [0.25, 0.3) is 0 Å². The molecule has 109 heavy (non-hydrogen) atoms. The Hall–Kier alpha value is -10.5. The molecule has 1 fully saturated rings. The number of aromatic nitrogens is 2. The highest BCUT2D eigenvalue weighted by molar-refractivity contribution is 7.80. The Kier molecular flexibility index (Phi) is 38.3. The maximum atomic E-state index is 15.0. The number of carboxylic acid groups (broad SMARTS) is 2. The molecule has 0 aliphatic carbocycles. The number of hydrogen-bond donors (Lipinski definition) is 22. The number of thiol groups is 1. The van der Waals surface area contributed by atoms with Gasteiger partial charge in [0.15, 0.2) is 5.96 Å². The Balaban J connectivity index is 1.55. The molecular formula is C70H107N19O19S. The second kappa shape index (κ2) is 46.0. The van der Waals surface area contributed by atoms with Gasteiger partial charge >= 0.3 is 11.9 Å². The average Bonchev–Trinajstić information content (AvgIpc) is 1.73. The van der Waals surface area contributed by atoms with Crippen LogP contribution in [-0.4, -0.2) is 246 Å². The zero-order valence-electron chi connectivity index (χ0n) is 61.9. The lowest BCUT2D eigenvalue weighted by Gasteiger charge is -2.32. The maximum Gasteiger partial charge on any atom is 0.326 e. The van der Waals surface area contributed by atoms with Crippen molar-refractivity contribution in [3.8, 4) is 5.75 Å². The van der Waals surface area contributed by atoms with E-state index >= 15 is 0 Å². The van der Waals surface area contributed by atoms with Crippen molar-refractivity contribution in [3.63, 3.8) is 0 Å². The molecule has 25 N–H and O–H groups in total. The van der Waals surface area contributed by atoms with Crippen LogP contribution in [0.5, 0.6) is 5.75 Å². The van der Waals surface area contributed by atoms with Crippen LogP contribution in [0.15, 0.2) is 72.1 Å². The van der Waals surface area contributed by atoms with Crippen LogP contribution in [0, 0.1) is 17.8 Å². The van der Waals surface area contributed by atoms with Gasteiger partial charge in [0, 0.05) is 50.0 Å². The number of imidazole rings is 1. The number of nitrogens with one attached hydrogen (secondary N) is 12. The minimum atomic E-state index is -1.95. The number of phenols is 1. The number of aromatic amines is 1. The van der Waals surface area contributed by atoms with Crippen LogP contribution < -0.4 is 81.4 Å². The van der Waals surface area contributed by atoms with E-state index in [2.05, 4.69) is 86.1 Å². The molecule has 38 nitrogen and oxygen atoms in total. The fourth-order valence-electron chi connectivity index (χ4n) is 11.4. The zero-order chi connectivity index (χ0) is 81.2. The molecule has 1 aliphatic rings. The molecule has 39 heteroatoms. The first kappa shape index (κ1) is 90.9. The number of aliphatic hydroxyl groups is 2. The molecule has 0 spiro atoms. The van der Waals surface area contributed by atoms with Crippen LogP contribution in [0.25, 0.3) is 0 Å². The molecule has 0 unspecified atom stereocenters. The summed E-state index contributed by atoms with van der Waals surface area (Å²) in [5.41, 5.74) is 23.7. The number of H-pyrrole nitrogens is 1. The number of unbranched alkanes of at least 4 members (excludes halogenated alkanes) is 1. The predicted octanol–water partition coefficient (Wildman–Crippen LogP) is -5.19. The number of phenolic OH excluding ortho intramolecular Hbond substituents is 1. The van der Waals surface area contributed by atoms with Gasteiger partial charge in [-0.25, -0.2) is 9.78 Å². The summed E-state index contributed by atoms with van der Waals surface area (Å²) in [6.07, 6.45) is 1.70. The van der Waals surface area contributed by atoms with Crippen molar-refractivity contribution >= 4 is 101 Å². The Labute approximate surface area is 635 Å². The number of benzene rings is 2. The monoisotopic (exact) mass is 1550 g/mol. The Morgan fingerprint density at radius 3 is 1.62 bits per heavy atom. The Morgan fingerprint density at radius 1 is 0.578 bits per heavy atom. The standard InChI is InChI=1S/C70H107N19O19S/c1-7-38(6)56(67(105)85-50(33-91)61(99)81-46(29-41-31-75-35-77-41)60(98)87-55(37(4)5)66(104)79-44(69(107)108)18-13-25-76-70(73)74)88-64(102)52-19-14-26-89(52)68(106)48(28-39-15-9-8-10-16-39)83-62(100)49(32-90)84-57(95)43(17-11-12-24-71)78-59(97)47(30-53(93)94)82-58(96)45(27-40-20-22-42(92)23-21-40)80-63(101)51(34-109)86-65(103)54(72)36(2)3/h8-10,15-16,20-23,31,35-38,43-52,54-56,90-92,109H,7,11-14,17-19,24-30,32-34,71-72H2,1-6H3,(H,75,77)(H,78,97)(H,79,104)(H,80,101)(H,81,99)(H,82,96)(H,83,100)(H,84,95)(H,85,105)(H,86,103)(H,87,98)(H,88,102)(H,93,94)(H,107,108)(H4,73,74,76)/t38-,43-,44+,45-,46+,47-,48-,49-,50+,51-,52+,54-,55+,56+/m1/s1. The van der Waals surface area contributed by atoms with Crippen molar-refractivity contribution in [2.24, 2.45) is 45.7 Å². The Morgan fingerprint density at radius 2 is 1.07 bits per heavy atom. The van der Waals surface area contributed by atoms with Crippen LogP contribution in [0.4, 0.5) is 0 Å². The molecule has 0 radical (unpaired) electrons. The number of likely N-dealkylation sites (tertiary alicyclic amines) is 1. The number of carboxylic acids is 2. The second-order valence-corrected chi connectivity index (χ2v) is 27.5. The van der Waals surface area contributed by atoms with Gasteiger partial charge in [0.2, 0.25) is 70.9 Å². The van der Waals surface area contributed by atoms with E-state index in [0.29, 0.717) is 23.2 Å². The van der Waals surface area contributed by atoms with Crippen molar-refractivity contribution in [2.75, 3.05) is 38.6 Å². The lowest BCUT2D eigenvalue weighted by molar-refractivity contribution is -0.143. The molecule has 602 valence electrons. The van der Waals surface area contributed by atoms with Crippen LogP contribution in [0.1, 0.15) is 116 Å². The zero-order valence-corrected chi connectivity index (χ0v) is 62.8. The van der Waals surface area contributed by atoms with Crippen molar-refractivity contribution in [1.82, 2.24) is 73.4 Å². The number of guanidine groups is 1. The maximum absolute atomic E-state index is 15.0. The summed E-state index contributed by atoms with van der Waals surface area (Å²) in [6.45, 7) is 7.86. The number of aliphatic imine (C=N–C) groups is 1. The van der Waals surface area contributed by atoms with E-state index in [9.17, 15) is 92.7 Å². The first-order valence-corrected chi connectivity index (χ1v) is 36.5. The van der Waals surface area contributed by atoms with Crippen molar-refractivity contribution in [3.05, 3.63) is 83.9 Å². The molecule has 2 aromatic carbocycles. The number of hydrogen-bond acceptors (Lipinski definition) is 22. The van der Waals surface area contributed by atoms with E-state index < -0.39 is 193 Å². The van der Waals surface area contributed by atoms with Gasteiger partial charge in [0.1, 0.15) is 78.3 Å². The quantitative estimate of drug-likeness (QED) is 0.0109. The smallest absolute Gasteiger partial charge is 0.326 e. The van der Waals surface area contributed by atoms with Crippen molar-refractivity contribution in [2.45, 2.75) is 197 Å². The van der Waals surface area contributed by atoms with Crippen molar-refractivity contribution in [1.29, 1.82) is 0 Å². The summed E-state index contributed by atoms with van der Waals surface area (Å²) in [5.74, 6) is -16.8. The van der Waals surface area contributed by atoms with Crippen molar-refractivity contribution < 1.29 is 92.7 Å². The number of amides is 12. The average molecular weight is 1550 g/mol. The van der Waals surface area contributed by atoms with Gasteiger partial charge in [-0.05, 0) is 92.5 Å². The van der Waals surface area contributed by atoms with Gasteiger partial charge in [-0.3, -0.25) is 67.3 Å². The highest BCUT2D eigenvalue weighted by atomic mass is 32.1. The SMILES string of the molecule is CC[C@@H](C)[C@H](NC(=O)[C@@H]1CCCN1C(=O)[C@@H](Cc1ccccc1)NC(=O)[C@@H](CO)NC(=O)[C@@H](CCCCN)NC(=O)[C@@H](CC(=O)O)NC(=O)[C@@H](Cc1ccc(O)cc1)NC(=O)[C@@H](CS)NC(=O)[C@H](N)C(C)C)C(=O)N[C@@H](CO)C(=O)N[C@@H](Cc1cnc[nH]1)C(=O)N[C@H](C(=O)N[C@@H](CCCN=C(N)N)C(=O)O)C(C)C. The van der Waals surface area contributed by atoms with Crippen LogP contribution in [0.3, 0.4) is 0 Å². The highest BCUT2D eigenvalue weighted by Crippen LogP contribution is 2.22. The number of aliphatic carboxylic acids is 2. The first-order chi connectivity index (χ1) is 51.7. The third-order valence-corrected chi connectivity index (χ3v) is 18.4. The van der Waals surface area contributed by atoms with Gasteiger partial charge in [-0.2, -0.15) is 12.6 Å². The van der Waals surface area contributed by atoms with E-state index in [4.69, 9.17) is 22.9 Å². The van der Waals surface area contributed by atoms with E-state index in [1.807, 2.05) is 0 Å². The number of carbonyl (C=O) groups excluding carboxylic acids is 12. The number of aromatic hydroxyl groups is 1. The summed E-state index contributed by atoms with van der Waals surface area (Å²) < 4.78 is 0. The molecule has 0 bridgehead atoms. The van der Waals surface area contributed by atoms with Gasteiger partial charge < -0.3 is 117 Å². The number of aliphatic hydroxyl groups excluding tert-OH is 2. The molecule has 1 aromatic heterocycles. The second-order valence-electron chi connectivity index (χ2n) is 27.2. The fraction of sp³-hybridized carbons (Fsp3) is 0.571. The van der Waals surface area contributed by atoms with E-state index in [0.717, 1.165) is 0 Å². The molecule has 2 heterocycles. The van der Waals surface area contributed by atoms with E-state index in [1.165, 1.54) is 41.7 Å². The number of nitrogens with two attached hydrogens (primary N) is 4. The lowest BCUT2D eigenvalue weighted by atomic mass is 9.97. The number of nitrogens with zero attached hydrogens (tertiary/aromatic N) is 3. The third-order valence-electron chi connectivity index (χ3n) is 18.0. The summed E-state index contributed by atoms with van der Waals surface area (Å²) >= 11 is 4.20. The molecular weight excluding hydrogens is 1440 g/mol. The first-order valence-electron chi connectivity index (χ1n) is 35.9. The van der Waals surface area contributed by atoms with Gasteiger partial charge in [0.05, 0.1) is 32.0 Å². The summed E-state index contributed by atoms with van der Waals surface area (Å²) in [5, 5.41) is 78.6. The molecule has 1 aliphatic heterocycles. The predicted molar refractivity (Wildman–Crippen MR) is 398 cm³/mol. The lowest BCUT2D eigenvalue weighted by Crippen LogP contribution is -2.62. The van der Waals surface area contributed by atoms with Crippen LogP contribution in [-0.2, 0) is 86.4 Å². The topological polar surface area (TPSA) is 621 Å². The molecule has 14 atom stereocenters. The number of rotatable bonds is 47. The molecule has 3 aromatic rings. The minimum absolute atomic E-state index is 0.0444. The summed E-state index contributed by atoms with van der Waals surface area (Å²) in [6, 6.07) is -5.87. The van der Waals surface area contributed by atoms with E-state index in [1.54, 1.807) is 71.9 Å². The van der Waals surface area contributed by atoms with Crippen LogP contribution >= 0.6 is 12.6 Å². The normalized spacial score (nSPS) is 16.2. The summed E-state index contributed by atoms with van der Waals surface area (Å²) in [7, 11) is 0.